The van der Waals surface area contributed by atoms with Crippen molar-refractivity contribution in [2.24, 2.45) is 5.41 Å². The lowest BCUT2D eigenvalue weighted by molar-refractivity contribution is -0.0440. The molecule has 0 bridgehead atoms. The van der Waals surface area contributed by atoms with E-state index >= 15 is 0 Å². The molecule has 0 radical (unpaired) electrons. The SMILES string of the molecule is C=C[C@@](C)(CCC=C(C)C)[C@@](C)(O)c1ccc(Br)cc1. The third-order valence-electron chi connectivity index (χ3n) is 4.19. The summed E-state index contributed by atoms with van der Waals surface area (Å²) < 4.78 is 1.02. The second kappa shape index (κ2) is 6.73. The van der Waals surface area contributed by atoms with Gasteiger partial charge in [-0.05, 0) is 51.3 Å². The molecule has 0 unspecified atom stereocenters. The maximum Gasteiger partial charge on any atom is 0.0956 e. The van der Waals surface area contributed by atoms with Crippen molar-refractivity contribution in [1.29, 1.82) is 0 Å². The molecule has 2 atom stereocenters. The molecule has 0 aromatic heterocycles. The van der Waals surface area contributed by atoms with E-state index in [1.165, 1.54) is 5.57 Å². The van der Waals surface area contributed by atoms with Crippen molar-refractivity contribution in [1.82, 2.24) is 0 Å². The van der Waals surface area contributed by atoms with Gasteiger partial charge in [0.1, 0.15) is 0 Å². The van der Waals surface area contributed by atoms with Gasteiger partial charge in [0.05, 0.1) is 5.60 Å². The van der Waals surface area contributed by atoms with Crippen molar-refractivity contribution < 1.29 is 5.11 Å². The summed E-state index contributed by atoms with van der Waals surface area (Å²) >= 11 is 3.43. The van der Waals surface area contributed by atoms with E-state index in [0.717, 1.165) is 22.9 Å². The number of hydrogen-bond donors (Lipinski definition) is 1. The van der Waals surface area contributed by atoms with Crippen LogP contribution in [0.25, 0.3) is 0 Å². The van der Waals surface area contributed by atoms with Crippen LogP contribution in [0.5, 0.6) is 0 Å². The molecule has 20 heavy (non-hydrogen) atoms. The number of benzene rings is 1. The van der Waals surface area contributed by atoms with E-state index in [0.29, 0.717) is 0 Å². The smallest absolute Gasteiger partial charge is 0.0956 e. The lowest BCUT2D eigenvalue weighted by Crippen LogP contribution is -2.40. The van der Waals surface area contributed by atoms with Crippen molar-refractivity contribution in [2.45, 2.75) is 46.1 Å². The quantitative estimate of drug-likeness (QED) is 0.670. The van der Waals surface area contributed by atoms with Crippen molar-refractivity contribution in [3.8, 4) is 0 Å². The van der Waals surface area contributed by atoms with Gasteiger partial charge >= 0.3 is 0 Å². The Labute approximate surface area is 131 Å². The first-order valence-corrected chi connectivity index (χ1v) is 7.77. The molecular weight excluding hydrogens is 312 g/mol. The number of allylic oxidation sites excluding steroid dienone is 2. The maximum absolute atomic E-state index is 11.1. The lowest BCUT2D eigenvalue weighted by atomic mass is 9.68. The van der Waals surface area contributed by atoms with Gasteiger partial charge in [-0.2, -0.15) is 0 Å². The van der Waals surface area contributed by atoms with Gasteiger partial charge in [0.2, 0.25) is 0 Å². The highest BCUT2D eigenvalue weighted by Gasteiger charge is 2.41. The fourth-order valence-corrected chi connectivity index (χ4v) is 2.57. The molecule has 0 heterocycles. The Morgan fingerprint density at radius 1 is 1.25 bits per heavy atom. The molecule has 0 saturated carbocycles. The van der Waals surface area contributed by atoms with Crippen LogP contribution in [0.1, 0.15) is 46.1 Å². The number of aliphatic hydroxyl groups is 1. The molecule has 0 aliphatic carbocycles. The van der Waals surface area contributed by atoms with Gasteiger partial charge in [-0.25, -0.2) is 0 Å². The normalized spacial score (nSPS) is 16.9. The highest BCUT2D eigenvalue weighted by Crippen LogP contribution is 2.44. The Morgan fingerprint density at radius 3 is 2.25 bits per heavy atom. The van der Waals surface area contributed by atoms with Gasteiger partial charge < -0.3 is 5.11 Å². The maximum atomic E-state index is 11.1. The topological polar surface area (TPSA) is 20.2 Å². The zero-order valence-corrected chi connectivity index (χ0v) is 14.5. The van der Waals surface area contributed by atoms with Gasteiger partial charge in [0.15, 0.2) is 0 Å². The predicted octanol–water partition coefficient (Wildman–Crippen LogP) is 5.60. The minimum Gasteiger partial charge on any atom is -0.385 e. The van der Waals surface area contributed by atoms with Crippen molar-refractivity contribution >= 4 is 15.9 Å². The average molecular weight is 337 g/mol. The third-order valence-corrected chi connectivity index (χ3v) is 4.71. The molecule has 0 spiro atoms. The van der Waals surface area contributed by atoms with Gasteiger partial charge in [0, 0.05) is 9.89 Å². The molecule has 1 rings (SSSR count). The molecular formula is C18H25BrO. The zero-order valence-electron chi connectivity index (χ0n) is 12.9. The average Bonchev–Trinajstić information content (AvgIpc) is 2.38. The first kappa shape index (κ1) is 17.2. The van der Waals surface area contributed by atoms with E-state index in [2.05, 4.69) is 49.4 Å². The summed E-state index contributed by atoms with van der Waals surface area (Å²) in [6.45, 7) is 12.1. The minimum atomic E-state index is -0.940. The summed E-state index contributed by atoms with van der Waals surface area (Å²) in [5.41, 5.74) is 0.914. The number of rotatable bonds is 6. The summed E-state index contributed by atoms with van der Waals surface area (Å²) in [6, 6.07) is 7.85. The zero-order chi connectivity index (χ0) is 15.4. The molecule has 0 fully saturated rings. The highest BCUT2D eigenvalue weighted by atomic mass is 79.9. The van der Waals surface area contributed by atoms with Crippen molar-refractivity contribution in [3.63, 3.8) is 0 Å². The van der Waals surface area contributed by atoms with Crippen LogP contribution in [-0.4, -0.2) is 5.11 Å². The molecule has 1 aromatic rings. The molecule has 1 nitrogen and oxygen atoms in total. The van der Waals surface area contributed by atoms with Crippen LogP contribution in [0.15, 0.2) is 53.0 Å². The minimum absolute atomic E-state index is 0.368. The summed E-state index contributed by atoms with van der Waals surface area (Å²) in [5, 5.41) is 11.1. The number of hydrogen-bond acceptors (Lipinski definition) is 1. The second-order valence-electron chi connectivity index (χ2n) is 6.02. The molecule has 1 N–H and O–H groups in total. The molecule has 1 aromatic carbocycles. The Bertz CT molecular complexity index is 481. The van der Waals surface area contributed by atoms with Gasteiger partial charge in [-0.3, -0.25) is 0 Å². The van der Waals surface area contributed by atoms with E-state index in [1.54, 1.807) is 0 Å². The molecule has 110 valence electrons. The summed E-state index contributed by atoms with van der Waals surface area (Å²) in [7, 11) is 0. The van der Waals surface area contributed by atoms with Crippen LogP contribution in [0, 0.1) is 5.41 Å². The highest BCUT2D eigenvalue weighted by molar-refractivity contribution is 9.10. The monoisotopic (exact) mass is 336 g/mol. The molecule has 0 aliphatic heterocycles. The van der Waals surface area contributed by atoms with E-state index in [1.807, 2.05) is 37.3 Å². The van der Waals surface area contributed by atoms with Crippen LogP contribution in [0.2, 0.25) is 0 Å². The molecule has 2 heteroatoms. The fraction of sp³-hybridized carbons (Fsp3) is 0.444. The van der Waals surface area contributed by atoms with Gasteiger partial charge in [-0.15, -0.1) is 6.58 Å². The van der Waals surface area contributed by atoms with E-state index in [4.69, 9.17) is 0 Å². The molecule has 0 saturated heterocycles. The van der Waals surface area contributed by atoms with Gasteiger partial charge in [0.25, 0.3) is 0 Å². The van der Waals surface area contributed by atoms with Crippen LogP contribution in [-0.2, 0) is 5.60 Å². The van der Waals surface area contributed by atoms with E-state index in [-0.39, 0.29) is 5.41 Å². The Morgan fingerprint density at radius 2 is 1.80 bits per heavy atom. The Kier molecular flexibility index (Phi) is 5.79. The third kappa shape index (κ3) is 3.83. The van der Waals surface area contributed by atoms with E-state index in [9.17, 15) is 5.11 Å². The van der Waals surface area contributed by atoms with Crippen LogP contribution in [0.3, 0.4) is 0 Å². The van der Waals surface area contributed by atoms with Crippen molar-refractivity contribution in [2.75, 3.05) is 0 Å². The molecule has 0 amide bonds. The van der Waals surface area contributed by atoms with Gasteiger partial charge in [-0.1, -0.05) is 52.7 Å². The summed E-state index contributed by atoms with van der Waals surface area (Å²) in [6.07, 6.45) is 5.90. The van der Waals surface area contributed by atoms with E-state index < -0.39 is 5.60 Å². The Hall–Kier alpha value is -0.860. The first-order valence-electron chi connectivity index (χ1n) is 6.98. The largest absolute Gasteiger partial charge is 0.385 e. The summed E-state index contributed by atoms with van der Waals surface area (Å²) in [5.74, 6) is 0. The van der Waals surface area contributed by atoms with Crippen LogP contribution in [0.4, 0.5) is 0 Å². The molecule has 0 aliphatic rings. The lowest BCUT2D eigenvalue weighted by Gasteiger charge is -2.41. The Balaban J connectivity index is 3.03. The van der Waals surface area contributed by atoms with Crippen molar-refractivity contribution in [3.05, 3.63) is 58.6 Å². The van der Waals surface area contributed by atoms with Crippen LogP contribution >= 0.6 is 15.9 Å². The fourth-order valence-electron chi connectivity index (χ4n) is 2.31. The van der Waals surface area contributed by atoms with Crippen LogP contribution < -0.4 is 0 Å². The number of halogens is 1. The predicted molar refractivity (Wildman–Crippen MR) is 90.7 cm³/mol. The summed E-state index contributed by atoms with van der Waals surface area (Å²) in [4.78, 5) is 0. The first-order chi connectivity index (χ1) is 9.23. The standard InChI is InChI=1S/C18H25BrO/c1-6-17(4,13-7-8-14(2)3)18(5,20)15-9-11-16(19)12-10-15/h6,8-12,20H,1,7,13H2,2-5H3/t17-,18-/m0/s1. The second-order valence-corrected chi connectivity index (χ2v) is 6.94.